The van der Waals surface area contributed by atoms with Crippen molar-refractivity contribution in [3.8, 4) is 0 Å². The minimum Gasteiger partial charge on any atom is -0.380 e. The van der Waals surface area contributed by atoms with E-state index in [4.69, 9.17) is 0 Å². The maximum atomic E-state index is 12.5. The van der Waals surface area contributed by atoms with Crippen molar-refractivity contribution in [2.75, 3.05) is 0 Å². The van der Waals surface area contributed by atoms with Crippen LogP contribution in [0.2, 0.25) is 0 Å². The van der Waals surface area contributed by atoms with Crippen LogP contribution in [-0.4, -0.2) is 16.9 Å². The Bertz CT molecular complexity index is 222. The summed E-state index contributed by atoms with van der Waals surface area (Å²) >= 11 is 0. The van der Waals surface area contributed by atoms with Crippen LogP contribution in [0.15, 0.2) is 0 Å². The van der Waals surface area contributed by atoms with Crippen molar-refractivity contribution in [2.24, 2.45) is 11.8 Å². The zero-order valence-electron chi connectivity index (χ0n) is 7.98. The molecule has 2 rings (SSSR count). The minimum absolute atomic E-state index is 0.0683. The van der Waals surface area contributed by atoms with Gasteiger partial charge in [-0.25, -0.2) is 0 Å². The number of alkyl halides is 3. The van der Waals surface area contributed by atoms with Crippen LogP contribution in [0.5, 0.6) is 0 Å². The highest BCUT2D eigenvalue weighted by Crippen LogP contribution is 2.50. The van der Waals surface area contributed by atoms with Gasteiger partial charge in [0.2, 0.25) is 0 Å². The van der Waals surface area contributed by atoms with Gasteiger partial charge in [0.25, 0.3) is 0 Å². The van der Waals surface area contributed by atoms with Gasteiger partial charge in [0, 0.05) is 0 Å². The lowest BCUT2D eigenvalue weighted by molar-refractivity contribution is -0.274. The molecule has 0 aromatic heterocycles. The summed E-state index contributed by atoms with van der Waals surface area (Å²) in [5.74, 6) is 0.569. The summed E-state index contributed by atoms with van der Waals surface area (Å²) in [5, 5.41) is 9.53. The molecule has 0 saturated heterocycles. The highest BCUT2D eigenvalue weighted by atomic mass is 19.4. The van der Waals surface area contributed by atoms with E-state index in [1.165, 1.54) is 0 Å². The summed E-state index contributed by atoms with van der Waals surface area (Å²) in [4.78, 5) is 0. The minimum atomic E-state index is -4.44. The smallest absolute Gasteiger partial charge is 0.380 e. The second-order valence-corrected chi connectivity index (χ2v) is 4.72. The Morgan fingerprint density at radius 3 is 2.21 bits per heavy atom. The van der Waals surface area contributed by atoms with Crippen molar-refractivity contribution < 1.29 is 18.3 Å². The topological polar surface area (TPSA) is 20.2 Å². The average Bonchev–Trinajstić information content (AvgIpc) is 2.84. The summed E-state index contributed by atoms with van der Waals surface area (Å²) in [7, 11) is 0. The molecule has 0 spiro atoms. The first kappa shape index (κ1) is 10.3. The van der Waals surface area contributed by atoms with Crippen molar-refractivity contribution in [1.29, 1.82) is 0 Å². The maximum absolute atomic E-state index is 12.5. The van der Waals surface area contributed by atoms with E-state index in [2.05, 4.69) is 0 Å². The molecule has 82 valence electrons. The van der Waals surface area contributed by atoms with E-state index in [1.807, 2.05) is 0 Å². The van der Waals surface area contributed by atoms with Crippen molar-refractivity contribution in [1.82, 2.24) is 0 Å². The van der Waals surface area contributed by atoms with Gasteiger partial charge >= 0.3 is 6.18 Å². The van der Waals surface area contributed by atoms with Crippen LogP contribution in [0.25, 0.3) is 0 Å². The Balaban J connectivity index is 2.04. The van der Waals surface area contributed by atoms with Gasteiger partial charge < -0.3 is 5.11 Å². The lowest BCUT2D eigenvalue weighted by atomic mass is 9.75. The number of hydrogen-bond acceptors (Lipinski definition) is 1. The monoisotopic (exact) mass is 208 g/mol. The molecule has 0 bridgehead atoms. The fourth-order valence-electron chi connectivity index (χ4n) is 2.52. The van der Waals surface area contributed by atoms with E-state index in [1.54, 1.807) is 0 Å². The Kier molecular flexibility index (Phi) is 2.29. The quantitative estimate of drug-likeness (QED) is 0.702. The SMILES string of the molecule is OC1(C(F)(F)F)CCCC(C2CC2)C1. The highest BCUT2D eigenvalue weighted by molar-refractivity contribution is 4.96. The highest BCUT2D eigenvalue weighted by Gasteiger charge is 2.56. The van der Waals surface area contributed by atoms with Gasteiger partial charge in [0.1, 0.15) is 0 Å². The zero-order valence-corrected chi connectivity index (χ0v) is 7.98. The van der Waals surface area contributed by atoms with Gasteiger partial charge in [-0.1, -0.05) is 0 Å². The molecule has 0 radical (unpaired) electrons. The normalized spacial score (nSPS) is 39.9. The number of rotatable bonds is 1. The summed E-state index contributed by atoms with van der Waals surface area (Å²) in [6.45, 7) is 0. The third-order valence-corrected chi connectivity index (χ3v) is 3.58. The molecule has 1 nitrogen and oxygen atoms in total. The van der Waals surface area contributed by atoms with E-state index in [0.717, 1.165) is 19.3 Å². The van der Waals surface area contributed by atoms with Crippen molar-refractivity contribution >= 4 is 0 Å². The van der Waals surface area contributed by atoms with Crippen LogP contribution in [0.1, 0.15) is 38.5 Å². The van der Waals surface area contributed by atoms with Crippen molar-refractivity contribution in [2.45, 2.75) is 50.3 Å². The van der Waals surface area contributed by atoms with Crippen LogP contribution < -0.4 is 0 Å². The van der Waals surface area contributed by atoms with E-state index < -0.39 is 11.8 Å². The van der Waals surface area contributed by atoms with Gasteiger partial charge in [-0.3, -0.25) is 0 Å². The molecular formula is C10H15F3O. The van der Waals surface area contributed by atoms with E-state index in [0.29, 0.717) is 12.3 Å². The second-order valence-electron chi connectivity index (χ2n) is 4.72. The van der Waals surface area contributed by atoms with Crippen LogP contribution in [0, 0.1) is 11.8 Å². The average molecular weight is 208 g/mol. The molecule has 2 aliphatic carbocycles. The standard InChI is InChI=1S/C10H15F3O/c11-10(12,13)9(14)5-1-2-8(6-9)7-3-4-7/h7-8,14H,1-6H2. The second kappa shape index (κ2) is 3.12. The molecule has 0 aromatic carbocycles. The third kappa shape index (κ3) is 1.76. The molecule has 2 atom stereocenters. The fraction of sp³-hybridized carbons (Fsp3) is 1.00. The number of aliphatic hydroxyl groups is 1. The lowest BCUT2D eigenvalue weighted by Gasteiger charge is -2.38. The van der Waals surface area contributed by atoms with Crippen molar-refractivity contribution in [3.05, 3.63) is 0 Å². The fourth-order valence-corrected chi connectivity index (χ4v) is 2.52. The zero-order chi connectivity index (χ0) is 10.4. The molecule has 0 aliphatic heterocycles. The van der Waals surface area contributed by atoms with Gasteiger partial charge in [-0.05, 0) is 50.4 Å². The predicted octanol–water partition coefficient (Wildman–Crippen LogP) is 2.88. The molecule has 2 aliphatic rings. The molecule has 4 heteroatoms. The molecule has 2 saturated carbocycles. The van der Waals surface area contributed by atoms with E-state index in [9.17, 15) is 18.3 Å². The molecule has 1 N–H and O–H groups in total. The first-order valence-corrected chi connectivity index (χ1v) is 5.21. The van der Waals surface area contributed by atoms with Crippen LogP contribution in [0.4, 0.5) is 13.2 Å². The van der Waals surface area contributed by atoms with Gasteiger partial charge in [0.15, 0.2) is 5.60 Å². The Morgan fingerprint density at radius 1 is 1.07 bits per heavy atom. The molecule has 14 heavy (non-hydrogen) atoms. The summed E-state index contributed by atoms with van der Waals surface area (Å²) in [6, 6.07) is 0. The predicted molar refractivity (Wildman–Crippen MR) is 45.7 cm³/mol. The third-order valence-electron chi connectivity index (χ3n) is 3.58. The first-order valence-electron chi connectivity index (χ1n) is 5.21. The Labute approximate surface area is 81.3 Å². The lowest BCUT2D eigenvalue weighted by Crippen LogP contribution is -2.48. The van der Waals surface area contributed by atoms with E-state index in [-0.39, 0.29) is 18.8 Å². The molecule has 0 amide bonds. The molecule has 0 aromatic rings. The van der Waals surface area contributed by atoms with Crippen LogP contribution in [0.3, 0.4) is 0 Å². The van der Waals surface area contributed by atoms with Crippen molar-refractivity contribution in [3.63, 3.8) is 0 Å². The Hall–Kier alpha value is -0.250. The summed E-state index contributed by atoms with van der Waals surface area (Å²) < 4.78 is 37.6. The first-order chi connectivity index (χ1) is 6.42. The number of halogens is 3. The maximum Gasteiger partial charge on any atom is 0.417 e. The van der Waals surface area contributed by atoms with Gasteiger partial charge in [-0.15, -0.1) is 0 Å². The van der Waals surface area contributed by atoms with Crippen LogP contribution >= 0.6 is 0 Å². The van der Waals surface area contributed by atoms with Gasteiger partial charge in [0.05, 0.1) is 0 Å². The number of hydrogen-bond donors (Lipinski definition) is 1. The van der Waals surface area contributed by atoms with E-state index >= 15 is 0 Å². The van der Waals surface area contributed by atoms with Gasteiger partial charge in [-0.2, -0.15) is 13.2 Å². The Morgan fingerprint density at radius 2 is 1.71 bits per heavy atom. The molecular weight excluding hydrogens is 193 g/mol. The summed E-state index contributed by atoms with van der Waals surface area (Å²) in [5.41, 5.74) is -2.39. The molecule has 2 fully saturated rings. The molecule has 0 heterocycles. The largest absolute Gasteiger partial charge is 0.417 e. The van der Waals surface area contributed by atoms with Crippen LogP contribution in [-0.2, 0) is 0 Å². The molecule has 2 unspecified atom stereocenters. The summed E-state index contributed by atoms with van der Waals surface area (Å²) in [6.07, 6.45) is -1.14.